The summed E-state index contributed by atoms with van der Waals surface area (Å²) in [6.45, 7) is 0.500. The quantitative estimate of drug-likeness (QED) is 0.778. The summed E-state index contributed by atoms with van der Waals surface area (Å²) < 4.78 is 0. The first kappa shape index (κ1) is 16.7. The van der Waals surface area contributed by atoms with Gasteiger partial charge in [0.05, 0.1) is 11.6 Å². The van der Waals surface area contributed by atoms with Gasteiger partial charge in [-0.15, -0.1) is 11.8 Å². The maximum absolute atomic E-state index is 12.4. The summed E-state index contributed by atoms with van der Waals surface area (Å²) in [5, 5.41) is 9.90. The van der Waals surface area contributed by atoms with Gasteiger partial charge in [-0.25, -0.2) is 0 Å². The van der Waals surface area contributed by atoms with Gasteiger partial charge < -0.3 is 10.0 Å². The number of benzene rings is 1. The number of rotatable bonds is 7. The molecule has 0 unspecified atom stereocenters. The fourth-order valence-corrected chi connectivity index (χ4v) is 3.96. The minimum atomic E-state index is 0.0416. The smallest absolute Gasteiger partial charge is 0.223 e. The van der Waals surface area contributed by atoms with E-state index in [0.29, 0.717) is 19.0 Å². The van der Waals surface area contributed by atoms with Crippen molar-refractivity contribution in [3.63, 3.8) is 0 Å². The van der Waals surface area contributed by atoms with Crippen LogP contribution in [0.25, 0.3) is 0 Å². The van der Waals surface area contributed by atoms with Gasteiger partial charge in [0, 0.05) is 29.7 Å². The predicted octanol–water partition coefficient (Wildman–Crippen LogP) is 3.59. The molecule has 0 bridgehead atoms. The first-order chi connectivity index (χ1) is 10.2. The summed E-state index contributed by atoms with van der Waals surface area (Å²) in [5.41, 5.74) is 0. The summed E-state index contributed by atoms with van der Waals surface area (Å²) in [6, 6.07) is 8.02. The fraction of sp³-hybridized carbons (Fsp3) is 0.562. The standard InChI is InChI=1S/C16H22ClNO2S/c17-14-7-3-4-8-15(14)21-12-9-16(20)18(10-11-19)13-5-1-2-6-13/h3-4,7-8,13,19H,1-2,5-6,9-12H2. The Morgan fingerprint density at radius 1 is 1.33 bits per heavy atom. The van der Waals surface area contributed by atoms with Gasteiger partial charge in [0.15, 0.2) is 0 Å². The van der Waals surface area contributed by atoms with Crippen LogP contribution in [0.5, 0.6) is 0 Å². The number of hydrogen-bond acceptors (Lipinski definition) is 3. The molecular weight excluding hydrogens is 306 g/mol. The molecule has 1 aliphatic rings. The average Bonchev–Trinajstić information content (AvgIpc) is 3.00. The third kappa shape index (κ3) is 4.90. The zero-order valence-corrected chi connectivity index (χ0v) is 13.7. The van der Waals surface area contributed by atoms with Gasteiger partial charge in [0.2, 0.25) is 5.91 Å². The lowest BCUT2D eigenvalue weighted by atomic mass is 10.2. The number of hydrogen-bond donors (Lipinski definition) is 1. The lowest BCUT2D eigenvalue weighted by Crippen LogP contribution is -2.40. The third-order valence-corrected chi connectivity index (χ3v) is 5.35. The Kier molecular flexibility index (Phi) is 6.87. The highest BCUT2D eigenvalue weighted by molar-refractivity contribution is 7.99. The Balaban J connectivity index is 1.83. The molecule has 1 fully saturated rings. The van der Waals surface area contributed by atoms with Gasteiger partial charge in [-0.1, -0.05) is 36.6 Å². The highest BCUT2D eigenvalue weighted by Gasteiger charge is 2.25. The number of thioether (sulfide) groups is 1. The van der Waals surface area contributed by atoms with E-state index in [9.17, 15) is 4.79 Å². The van der Waals surface area contributed by atoms with Crippen molar-refractivity contribution >= 4 is 29.3 Å². The van der Waals surface area contributed by atoms with E-state index in [-0.39, 0.29) is 12.5 Å². The molecule has 0 radical (unpaired) electrons. The van der Waals surface area contributed by atoms with E-state index in [0.717, 1.165) is 28.5 Å². The number of nitrogens with zero attached hydrogens (tertiary/aromatic N) is 1. The molecule has 1 aliphatic carbocycles. The lowest BCUT2D eigenvalue weighted by molar-refractivity contribution is -0.133. The Labute approximate surface area is 135 Å². The number of aliphatic hydroxyl groups excluding tert-OH is 1. The average molecular weight is 328 g/mol. The van der Waals surface area contributed by atoms with E-state index in [1.165, 1.54) is 12.8 Å². The topological polar surface area (TPSA) is 40.5 Å². The molecule has 1 amide bonds. The van der Waals surface area contributed by atoms with Crippen molar-refractivity contribution in [2.45, 2.75) is 43.0 Å². The minimum absolute atomic E-state index is 0.0416. The second-order valence-corrected chi connectivity index (χ2v) is 6.82. The van der Waals surface area contributed by atoms with Gasteiger partial charge >= 0.3 is 0 Å². The Bertz CT molecular complexity index is 463. The lowest BCUT2D eigenvalue weighted by Gasteiger charge is -2.28. The molecule has 2 rings (SSSR count). The van der Waals surface area contributed by atoms with Crippen molar-refractivity contribution in [2.24, 2.45) is 0 Å². The van der Waals surface area contributed by atoms with Crippen LogP contribution in [0.4, 0.5) is 0 Å². The maximum Gasteiger partial charge on any atom is 0.223 e. The predicted molar refractivity (Wildman–Crippen MR) is 87.8 cm³/mol. The van der Waals surface area contributed by atoms with Crippen molar-refractivity contribution in [1.29, 1.82) is 0 Å². The second kappa shape index (κ2) is 8.66. The number of carbonyl (C=O) groups is 1. The molecule has 1 aromatic rings. The molecule has 1 saturated carbocycles. The fourth-order valence-electron chi connectivity index (χ4n) is 2.79. The molecule has 0 aromatic heterocycles. The molecule has 0 heterocycles. The molecule has 5 heteroatoms. The molecule has 0 saturated heterocycles. The van der Waals surface area contributed by atoms with Crippen LogP contribution in [0.1, 0.15) is 32.1 Å². The van der Waals surface area contributed by atoms with Crippen molar-refractivity contribution in [3.05, 3.63) is 29.3 Å². The molecule has 0 spiro atoms. The molecule has 1 aromatic carbocycles. The minimum Gasteiger partial charge on any atom is -0.395 e. The molecule has 21 heavy (non-hydrogen) atoms. The van der Waals surface area contributed by atoms with E-state index in [1.807, 2.05) is 29.2 Å². The largest absolute Gasteiger partial charge is 0.395 e. The van der Waals surface area contributed by atoms with Gasteiger partial charge in [-0.2, -0.15) is 0 Å². The number of aliphatic hydroxyl groups is 1. The zero-order valence-electron chi connectivity index (χ0n) is 12.1. The second-order valence-electron chi connectivity index (χ2n) is 5.28. The Morgan fingerprint density at radius 3 is 2.71 bits per heavy atom. The van der Waals surface area contributed by atoms with E-state index in [1.54, 1.807) is 11.8 Å². The van der Waals surface area contributed by atoms with Gasteiger partial charge in [-0.3, -0.25) is 4.79 Å². The van der Waals surface area contributed by atoms with Crippen molar-refractivity contribution in [1.82, 2.24) is 4.90 Å². The summed E-state index contributed by atoms with van der Waals surface area (Å²) in [6.07, 6.45) is 5.02. The summed E-state index contributed by atoms with van der Waals surface area (Å²) in [5.74, 6) is 0.868. The van der Waals surface area contributed by atoms with E-state index in [4.69, 9.17) is 16.7 Å². The summed E-state index contributed by atoms with van der Waals surface area (Å²) >= 11 is 7.72. The molecule has 116 valence electrons. The van der Waals surface area contributed by atoms with Crippen LogP contribution < -0.4 is 0 Å². The van der Waals surface area contributed by atoms with Crippen LogP contribution in [0.3, 0.4) is 0 Å². The highest BCUT2D eigenvalue weighted by atomic mass is 35.5. The highest BCUT2D eigenvalue weighted by Crippen LogP contribution is 2.28. The van der Waals surface area contributed by atoms with Crippen LogP contribution in [0, 0.1) is 0 Å². The van der Waals surface area contributed by atoms with E-state index in [2.05, 4.69) is 0 Å². The maximum atomic E-state index is 12.4. The first-order valence-corrected chi connectivity index (χ1v) is 8.86. The first-order valence-electron chi connectivity index (χ1n) is 7.50. The molecule has 3 nitrogen and oxygen atoms in total. The van der Waals surface area contributed by atoms with Crippen molar-refractivity contribution < 1.29 is 9.90 Å². The van der Waals surface area contributed by atoms with Crippen LogP contribution in [0.15, 0.2) is 29.2 Å². The molecule has 0 aliphatic heterocycles. The summed E-state index contributed by atoms with van der Waals surface area (Å²) in [4.78, 5) is 15.3. The van der Waals surface area contributed by atoms with Crippen LogP contribution in [0.2, 0.25) is 5.02 Å². The Hall–Kier alpha value is -0.710. The van der Waals surface area contributed by atoms with Gasteiger partial charge in [0.1, 0.15) is 0 Å². The van der Waals surface area contributed by atoms with Gasteiger partial charge in [0.25, 0.3) is 0 Å². The number of halogens is 1. The number of carbonyl (C=O) groups excluding carboxylic acids is 1. The molecule has 1 N–H and O–H groups in total. The monoisotopic (exact) mass is 327 g/mol. The zero-order chi connectivity index (χ0) is 15.1. The SMILES string of the molecule is O=C(CCSc1ccccc1Cl)N(CCO)C1CCCC1. The number of amides is 1. The van der Waals surface area contributed by atoms with E-state index >= 15 is 0 Å². The van der Waals surface area contributed by atoms with Crippen LogP contribution in [-0.4, -0.2) is 40.9 Å². The van der Waals surface area contributed by atoms with Crippen LogP contribution >= 0.6 is 23.4 Å². The van der Waals surface area contributed by atoms with E-state index < -0.39 is 0 Å². The molecule has 0 atom stereocenters. The third-order valence-electron chi connectivity index (χ3n) is 3.84. The summed E-state index contributed by atoms with van der Waals surface area (Å²) in [7, 11) is 0. The molecular formula is C16H22ClNO2S. The van der Waals surface area contributed by atoms with Crippen molar-refractivity contribution in [3.8, 4) is 0 Å². The Morgan fingerprint density at radius 2 is 2.05 bits per heavy atom. The van der Waals surface area contributed by atoms with Gasteiger partial charge in [-0.05, 0) is 25.0 Å². The normalized spacial score (nSPS) is 15.3. The van der Waals surface area contributed by atoms with Crippen molar-refractivity contribution in [2.75, 3.05) is 18.9 Å². The van der Waals surface area contributed by atoms with Crippen LogP contribution in [-0.2, 0) is 4.79 Å².